The Morgan fingerprint density at radius 3 is 3.10 bits per heavy atom. The van der Waals surface area contributed by atoms with Gasteiger partial charge < -0.3 is 5.32 Å². The fourth-order valence-electron chi connectivity index (χ4n) is 1.88. The Balaban J connectivity index is 1.85. The molecule has 1 aromatic carbocycles. The van der Waals surface area contributed by atoms with Crippen LogP contribution in [0.2, 0.25) is 0 Å². The van der Waals surface area contributed by atoms with Crippen molar-refractivity contribution < 1.29 is 4.79 Å². The number of rotatable bonds is 2. The molecule has 0 saturated carbocycles. The van der Waals surface area contributed by atoms with Gasteiger partial charge in [-0.2, -0.15) is 5.26 Å². The summed E-state index contributed by atoms with van der Waals surface area (Å²) in [7, 11) is 0. The van der Waals surface area contributed by atoms with Gasteiger partial charge in [-0.05, 0) is 17.7 Å². The first-order valence-electron chi connectivity index (χ1n) is 5.83. The zero-order valence-electron chi connectivity index (χ0n) is 10.3. The second kappa shape index (κ2) is 5.19. The largest absolute Gasteiger partial charge is 0.337 e. The highest BCUT2D eigenvalue weighted by atomic mass is 32.2. The van der Waals surface area contributed by atoms with E-state index in [1.807, 2.05) is 18.2 Å². The Hall–Kier alpha value is -2.59. The molecule has 1 aliphatic heterocycles. The zero-order valence-corrected chi connectivity index (χ0v) is 11.1. The van der Waals surface area contributed by atoms with Crippen molar-refractivity contribution in [3.05, 3.63) is 36.2 Å². The van der Waals surface area contributed by atoms with Crippen LogP contribution in [0.25, 0.3) is 0 Å². The number of nitrogens with one attached hydrogen (secondary N) is 2. The average molecular weight is 283 g/mol. The Morgan fingerprint density at radius 1 is 1.40 bits per heavy atom. The lowest BCUT2D eigenvalue weighted by atomic mass is 10.1. The third-order valence-corrected chi connectivity index (χ3v) is 3.80. The molecule has 7 heteroatoms. The molecule has 20 heavy (non-hydrogen) atoms. The predicted octanol–water partition coefficient (Wildman–Crippen LogP) is 1.82. The van der Waals surface area contributed by atoms with Crippen molar-refractivity contribution in [2.24, 2.45) is 0 Å². The van der Waals surface area contributed by atoms with Crippen molar-refractivity contribution >= 4 is 29.2 Å². The second-order valence-corrected chi connectivity index (χ2v) is 5.14. The maximum absolute atomic E-state index is 11.4. The molecule has 1 amide bonds. The normalized spacial score (nSPS) is 11.6. The van der Waals surface area contributed by atoms with E-state index in [-0.39, 0.29) is 12.3 Å². The van der Waals surface area contributed by atoms with Gasteiger partial charge in [-0.25, -0.2) is 9.97 Å². The summed E-state index contributed by atoms with van der Waals surface area (Å²) in [5.41, 5.74) is 1.72. The smallest absolute Gasteiger partial charge is 0.237 e. The number of nitriles is 1. The monoisotopic (exact) mass is 283 g/mol. The zero-order chi connectivity index (χ0) is 13.9. The Kier molecular flexibility index (Phi) is 3.23. The van der Waals surface area contributed by atoms with Gasteiger partial charge >= 0.3 is 0 Å². The van der Waals surface area contributed by atoms with Crippen LogP contribution >= 0.6 is 11.8 Å². The highest BCUT2D eigenvalue weighted by molar-refractivity contribution is 7.99. The number of carbonyl (C=O) groups is 1. The van der Waals surface area contributed by atoms with Crippen LogP contribution in [0, 0.1) is 11.5 Å². The number of fused-ring (bicyclic) bond motifs is 2. The van der Waals surface area contributed by atoms with Gasteiger partial charge in [-0.3, -0.25) is 10.1 Å². The molecule has 0 fully saturated rings. The summed E-state index contributed by atoms with van der Waals surface area (Å²) in [5.74, 6) is 0.389. The van der Waals surface area contributed by atoms with E-state index in [1.54, 1.807) is 18.6 Å². The van der Waals surface area contributed by atoms with Crippen LogP contribution < -0.4 is 10.6 Å². The summed E-state index contributed by atoms with van der Waals surface area (Å²) in [4.78, 5) is 20.9. The average Bonchev–Trinajstić information content (AvgIpc) is 2.45. The first-order chi connectivity index (χ1) is 9.76. The molecular formula is C13H9N5OS. The van der Waals surface area contributed by atoms with Gasteiger partial charge in [0, 0.05) is 17.3 Å². The lowest BCUT2D eigenvalue weighted by molar-refractivity contribution is -0.119. The number of carbonyl (C=O) groups excluding carboxylic acids is 1. The molecular weight excluding hydrogens is 274 g/mol. The van der Waals surface area contributed by atoms with Crippen LogP contribution in [0.1, 0.15) is 5.56 Å². The Bertz CT molecular complexity index is 725. The van der Waals surface area contributed by atoms with Gasteiger partial charge in [-0.15, -0.1) is 0 Å². The standard InChI is InChI=1S/C13H9N5OS/c14-7-17-11(19)6-8-1-2-10-9(5-8)18-12-13(20-10)16-4-3-15-12/h1-5H,6H2,(H,15,18)(H,17,19). The van der Waals surface area contributed by atoms with E-state index in [4.69, 9.17) is 5.26 Å². The number of amides is 1. The number of aromatic nitrogens is 2. The van der Waals surface area contributed by atoms with Gasteiger partial charge in [0.05, 0.1) is 12.1 Å². The predicted molar refractivity (Wildman–Crippen MR) is 73.3 cm³/mol. The molecule has 0 unspecified atom stereocenters. The molecule has 1 aromatic heterocycles. The number of nitrogens with zero attached hydrogens (tertiary/aromatic N) is 3. The lowest BCUT2D eigenvalue weighted by Gasteiger charge is -2.19. The first-order valence-corrected chi connectivity index (χ1v) is 6.64. The molecule has 2 aromatic rings. The minimum atomic E-state index is -0.323. The maximum Gasteiger partial charge on any atom is 0.237 e. The summed E-state index contributed by atoms with van der Waals surface area (Å²) < 4.78 is 0. The number of benzene rings is 1. The van der Waals surface area contributed by atoms with Gasteiger partial charge in [0.25, 0.3) is 0 Å². The molecule has 0 spiro atoms. The van der Waals surface area contributed by atoms with E-state index in [2.05, 4.69) is 20.6 Å². The van der Waals surface area contributed by atoms with Gasteiger partial charge in [0.2, 0.25) is 5.91 Å². The Morgan fingerprint density at radius 2 is 2.25 bits per heavy atom. The molecule has 0 saturated heterocycles. The minimum absolute atomic E-state index is 0.167. The fraction of sp³-hybridized carbons (Fsp3) is 0.0769. The summed E-state index contributed by atoms with van der Waals surface area (Å²) in [6, 6.07) is 5.68. The van der Waals surface area contributed by atoms with E-state index in [9.17, 15) is 4.79 Å². The van der Waals surface area contributed by atoms with Gasteiger partial charge in [0.15, 0.2) is 12.0 Å². The van der Waals surface area contributed by atoms with Crippen LogP contribution in [0.4, 0.5) is 11.5 Å². The number of hydrogen-bond donors (Lipinski definition) is 2. The molecule has 0 radical (unpaired) electrons. The van der Waals surface area contributed by atoms with Crippen LogP contribution in [-0.4, -0.2) is 15.9 Å². The Labute approximate surface area is 119 Å². The number of anilines is 2. The van der Waals surface area contributed by atoms with Crippen molar-refractivity contribution in [1.82, 2.24) is 15.3 Å². The van der Waals surface area contributed by atoms with Crippen molar-refractivity contribution in [3.8, 4) is 6.19 Å². The van der Waals surface area contributed by atoms with Crippen LogP contribution in [0.3, 0.4) is 0 Å². The molecule has 0 aliphatic carbocycles. The molecule has 98 valence electrons. The number of hydrogen-bond acceptors (Lipinski definition) is 6. The molecule has 6 nitrogen and oxygen atoms in total. The van der Waals surface area contributed by atoms with Gasteiger partial charge in [0.1, 0.15) is 5.03 Å². The summed E-state index contributed by atoms with van der Waals surface area (Å²) in [5, 5.41) is 14.5. The van der Waals surface area contributed by atoms with Crippen LogP contribution in [0.15, 0.2) is 40.5 Å². The molecule has 2 heterocycles. The summed E-state index contributed by atoms with van der Waals surface area (Å²) in [6.45, 7) is 0. The quantitative estimate of drug-likeness (QED) is 0.550. The minimum Gasteiger partial charge on any atom is -0.337 e. The molecule has 3 rings (SSSR count). The van der Waals surface area contributed by atoms with Crippen LogP contribution in [0.5, 0.6) is 0 Å². The van der Waals surface area contributed by atoms with E-state index in [0.717, 1.165) is 21.2 Å². The van der Waals surface area contributed by atoms with Crippen molar-refractivity contribution in [1.29, 1.82) is 5.26 Å². The highest BCUT2D eigenvalue weighted by Gasteiger charge is 2.18. The van der Waals surface area contributed by atoms with Gasteiger partial charge in [-0.1, -0.05) is 17.8 Å². The first kappa shape index (κ1) is 12.4. The third kappa shape index (κ3) is 2.41. The van der Waals surface area contributed by atoms with Crippen molar-refractivity contribution in [2.45, 2.75) is 16.3 Å². The van der Waals surface area contributed by atoms with E-state index in [1.165, 1.54) is 11.8 Å². The van der Waals surface area contributed by atoms with E-state index in [0.29, 0.717) is 5.82 Å². The summed E-state index contributed by atoms with van der Waals surface area (Å²) in [6.07, 6.45) is 5.07. The molecule has 0 bridgehead atoms. The van der Waals surface area contributed by atoms with Crippen molar-refractivity contribution in [3.63, 3.8) is 0 Å². The fourth-order valence-corrected chi connectivity index (χ4v) is 2.76. The SMILES string of the molecule is N#CNC(=O)Cc1ccc2c(c1)Nc1nccnc1S2. The topological polar surface area (TPSA) is 90.7 Å². The van der Waals surface area contributed by atoms with E-state index >= 15 is 0 Å². The lowest BCUT2D eigenvalue weighted by Crippen LogP contribution is -2.19. The second-order valence-electron chi connectivity index (χ2n) is 4.10. The molecule has 0 atom stereocenters. The third-order valence-electron chi connectivity index (χ3n) is 2.73. The molecule has 1 aliphatic rings. The maximum atomic E-state index is 11.4. The molecule has 2 N–H and O–H groups in total. The van der Waals surface area contributed by atoms with Crippen LogP contribution in [-0.2, 0) is 11.2 Å². The highest BCUT2D eigenvalue weighted by Crippen LogP contribution is 2.41. The summed E-state index contributed by atoms with van der Waals surface area (Å²) >= 11 is 1.53. The van der Waals surface area contributed by atoms with E-state index < -0.39 is 0 Å². The van der Waals surface area contributed by atoms with Crippen molar-refractivity contribution in [2.75, 3.05) is 5.32 Å².